The summed E-state index contributed by atoms with van der Waals surface area (Å²) in [6, 6.07) is 72.0. The van der Waals surface area contributed by atoms with E-state index in [0.717, 1.165) is 12.8 Å². The van der Waals surface area contributed by atoms with Crippen molar-refractivity contribution in [2.75, 3.05) is 0 Å². The van der Waals surface area contributed by atoms with Crippen molar-refractivity contribution in [3.8, 4) is 33.6 Å². The summed E-state index contributed by atoms with van der Waals surface area (Å²) < 4.78 is 4.98. The van der Waals surface area contributed by atoms with Gasteiger partial charge >= 0.3 is 0 Å². The number of para-hydroxylation sites is 2. The Labute approximate surface area is 332 Å². The van der Waals surface area contributed by atoms with E-state index >= 15 is 0 Å². The van der Waals surface area contributed by atoms with Gasteiger partial charge in [0, 0.05) is 38.7 Å². The maximum absolute atomic E-state index is 2.59. The van der Waals surface area contributed by atoms with Crippen LogP contribution >= 0.6 is 0 Å². The molecule has 0 aliphatic heterocycles. The van der Waals surface area contributed by atoms with Crippen LogP contribution in [0.2, 0.25) is 0 Å². The molecule has 2 nitrogen and oxygen atoms in total. The van der Waals surface area contributed by atoms with Gasteiger partial charge in [0.15, 0.2) is 0 Å². The fraction of sp³-hybridized carbons (Fsp3) is 0.0545. The molecule has 2 heteroatoms. The lowest BCUT2D eigenvalue weighted by Crippen LogP contribution is -2.28. The smallest absolute Gasteiger partial charge is 0.0714 e. The topological polar surface area (TPSA) is 9.86 Å². The summed E-state index contributed by atoms with van der Waals surface area (Å²) in [5, 5.41) is 3.84. The van der Waals surface area contributed by atoms with Crippen molar-refractivity contribution in [3.05, 3.63) is 234 Å². The van der Waals surface area contributed by atoms with Crippen LogP contribution in [0.15, 0.2) is 200 Å². The van der Waals surface area contributed by atoms with Crippen molar-refractivity contribution in [1.82, 2.24) is 9.13 Å². The van der Waals surface area contributed by atoms with E-state index in [-0.39, 0.29) is 0 Å². The maximum atomic E-state index is 2.59. The molecule has 0 atom stereocenters. The summed E-state index contributed by atoms with van der Waals surface area (Å²) >= 11 is 0. The highest BCUT2D eigenvalue weighted by Gasteiger charge is 2.47. The van der Waals surface area contributed by atoms with Gasteiger partial charge in [-0.05, 0) is 100 Å². The van der Waals surface area contributed by atoms with Gasteiger partial charge in [-0.3, -0.25) is 0 Å². The number of aromatic nitrogens is 2. The molecule has 2 aliphatic rings. The molecule has 2 heterocycles. The van der Waals surface area contributed by atoms with E-state index in [4.69, 9.17) is 0 Å². The highest BCUT2D eigenvalue weighted by Crippen LogP contribution is 2.58. The molecule has 0 spiro atoms. The van der Waals surface area contributed by atoms with Crippen LogP contribution in [-0.4, -0.2) is 9.13 Å². The van der Waals surface area contributed by atoms with Gasteiger partial charge in [0.2, 0.25) is 0 Å². The summed E-state index contributed by atoms with van der Waals surface area (Å²) in [6.07, 6.45) is 6.74. The van der Waals surface area contributed by atoms with E-state index in [1.807, 2.05) is 0 Å². The Kier molecular flexibility index (Phi) is 7.00. The highest BCUT2D eigenvalue weighted by molar-refractivity contribution is 6.11. The lowest BCUT2D eigenvalue weighted by Gasteiger charge is -2.34. The maximum Gasteiger partial charge on any atom is 0.0714 e. The standard InChI is InChI=1S/C55H38N2/c1-4-17-39(18-5-1)55(40-19-6-2-7-20-40)47-26-13-10-25-44(47)54-48(55)27-16-30-53(54)57-50-29-15-12-24-43(50)46-36-38(32-34-52(46)57)37-31-33-51-45(35-37)42-23-11-14-28-49(42)56(51)41-21-8-3-9-22-41/h1-14,16-28,30-36H,15,29H2. The molecule has 57 heavy (non-hydrogen) atoms. The van der Waals surface area contributed by atoms with E-state index in [0.29, 0.717) is 0 Å². The van der Waals surface area contributed by atoms with Crippen LogP contribution in [0.25, 0.3) is 72.4 Å². The fourth-order valence-corrected chi connectivity index (χ4v) is 10.3. The minimum absolute atomic E-state index is 0.442. The minimum atomic E-state index is -0.442. The first kappa shape index (κ1) is 32.1. The Morgan fingerprint density at radius 2 is 1.04 bits per heavy atom. The first-order valence-electron chi connectivity index (χ1n) is 20.1. The van der Waals surface area contributed by atoms with Crippen LogP contribution < -0.4 is 0 Å². The quantitative estimate of drug-likeness (QED) is 0.167. The second-order valence-electron chi connectivity index (χ2n) is 15.5. The highest BCUT2D eigenvalue weighted by atomic mass is 15.0. The lowest BCUT2D eigenvalue weighted by atomic mass is 9.68. The SMILES string of the molecule is C1=Cc2c(n(-c3cccc4c3-c3ccccc3C4(c3ccccc3)c3ccccc3)c3ccc(-c4ccc5c(c4)c4ccccc4n5-c4ccccc4)cc23)CC1. The predicted molar refractivity (Wildman–Crippen MR) is 238 cm³/mol. The van der Waals surface area contributed by atoms with Crippen molar-refractivity contribution in [2.24, 2.45) is 0 Å². The number of hydrogen-bond acceptors (Lipinski definition) is 0. The molecule has 10 aromatic rings. The van der Waals surface area contributed by atoms with E-state index in [2.05, 4.69) is 215 Å². The van der Waals surface area contributed by atoms with Crippen LogP contribution in [0, 0.1) is 0 Å². The van der Waals surface area contributed by atoms with Gasteiger partial charge in [-0.25, -0.2) is 0 Å². The third kappa shape index (κ3) is 4.53. The van der Waals surface area contributed by atoms with E-state index in [1.54, 1.807) is 0 Å². The number of nitrogens with zero attached hydrogens (tertiary/aromatic N) is 2. The average molecular weight is 727 g/mol. The lowest BCUT2D eigenvalue weighted by molar-refractivity contribution is 0.767. The van der Waals surface area contributed by atoms with Gasteiger partial charge in [0.1, 0.15) is 0 Å². The molecule has 0 radical (unpaired) electrons. The summed E-state index contributed by atoms with van der Waals surface area (Å²) in [5.41, 5.74) is 18.7. The fourth-order valence-electron chi connectivity index (χ4n) is 10.3. The molecule has 0 N–H and O–H groups in total. The molecule has 2 aliphatic carbocycles. The largest absolute Gasteiger partial charge is 0.312 e. The van der Waals surface area contributed by atoms with E-state index in [1.165, 1.54) is 99.8 Å². The Morgan fingerprint density at radius 1 is 0.439 bits per heavy atom. The van der Waals surface area contributed by atoms with Gasteiger partial charge in [0.05, 0.1) is 27.7 Å². The molecular weight excluding hydrogens is 689 g/mol. The van der Waals surface area contributed by atoms with Gasteiger partial charge < -0.3 is 9.13 Å². The van der Waals surface area contributed by atoms with Crippen LogP contribution in [-0.2, 0) is 11.8 Å². The van der Waals surface area contributed by atoms with E-state index in [9.17, 15) is 0 Å². The summed E-state index contributed by atoms with van der Waals surface area (Å²) in [4.78, 5) is 0. The minimum Gasteiger partial charge on any atom is -0.312 e. The van der Waals surface area contributed by atoms with Crippen LogP contribution in [0.3, 0.4) is 0 Å². The number of fused-ring (bicyclic) bond motifs is 9. The predicted octanol–water partition coefficient (Wildman–Crippen LogP) is 13.7. The average Bonchev–Trinajstić information content (AvgIpc) is 3.91. The first-order chi connectivity index (χ1) is 28.3. The zero-order valence-electron chi connectivity index (χ0n) is 31.4. The molecule has 268 valence electrons. The number of allylic oxidation sites excluding steroid dienone is 1. The van der Waals surface area contributed by atoms with Gasteiger partial charge in [-0.2, -0.15) is 0 Å². The second kappa shape index (κ2) is 12.4. The Hall–Kier alpha value is -7.16. The number of hydrogen-bond donors (Lipinski definition) is 0. The van der Waals surface area contributed by atoms with Crippen molar-refractivity contribution in [2.45, 2.75) is 18.3 Å². The third-order valence-corrected chi connectivity index (χ3v) is 12.7. The number of benzene rings is 8. The van der Waals surface area contributed by atoms with Gasteiger partial charge in [-0.15, -0.1) is 0 Å². The van der Waals surface area contributed by atoms with Crippen LogP contribution in [0.4, 0.5) is 0 Å². The molecule has 0 bridgehead atoms. The second-order valence-corrected chi connectivity index (χ2v) is 15.5. The third-order valence-electron chi connectivity index (χ3n) is 12.7. The van der Waals surface area contributed by atoms with Crippen molar-refractivity contribution in [3.63, 3.8) is 0 Å². The van der Waals surface area contributed by atoms with Gasteiger partial charge in [0.25, 0.3) is 0 Å². The zero-order valence-corrected chi connectivity index (χ0v) is 31.4. The zero-order chi connectivity index (χ0) is 37.5. The molecule has 8 aromatic carbocycles. The van der Waals surface area contributed by atoms with Crippen molar-refractivity contribution in [1.29, 1.82) is 0 Å². The van der Waals surface area contributed by atoms with Gasteiger partial charge in [-0.1, -0.05) is 158 Å². The molecule has 0 saturated heterocycles. The summed E-state index contributed by atoms with van der Waals surface area (Å²) in [7, 11) is 0. The van der Waals surface area contributed by atoms with Crippen molar-refractivity contribution < 1.29 is 0 Å². The molecule has 2 aromatic heterocycles. The first-order valence-corrected chi connectivity index (χ1v) is 20.1. The van der Waals surface area contributed by atoms with Crippen LogP contribution in [0.1, 0.15) is 39.9 Å². The molecular formula is C55H38N2. The van der Waals surface area contributed by atoms with Crippen LogP contribution in [0.5, 0.6) is 0 Å². The molecule has 0 amide bonds. The monoisotopic (exact) mass is 726 g/mol. The normalized spacial score (nSPS) is 13.9. The molecule has 0 saturated carbocycles. The Balaban J connectivity index is 1.08. The van der Waals surface area contributed by atoms with E-state index < -0.39 is 5.41 Å². The number of rotatable bonds is 5. The summed E-state index contributed by atoms with van der Waals surface area (Å²) in [6.45, 7) is 0. The Morgan fingerprint density at radius 3 is 1.79 bits per heavy atom. The molecule has 0 fully saturated rings. The molecule has 12 rings (SSSR count). The summed E-state index contributed by atoms with van der Waals surface area (Å²) in [5.74, 6) is 0. The molecule has 0 unspecified atom stereocenters. The Bertz CT molecular complexity index is 3180. The van der Waals surface area contributed by atoms with Crippen molar-refractivity contribution >= 4 is 38.8 Å².